The van der Waals surface area contributed by atoms with Crippen LogP contribution in [-0.4, -0.2) is 11.3 Å². The Morgan fingerprint density at radius 1 is 1.05 bits per heavy atom. The van der Waals surface area contributed by atoms with Gasteiger partial charge in [0, 0.05) is 22.7 Å². The van der Waals surface area contributed by atoms with E-state index in [0.29, 0.717) is 0 Å². The summed E-state index contributed by atoms with van der Waals surface area (Å²) in [6.45, 7) is 7.58. The molecule has 20 heavy (non-hydrogen) atoms. The molecule has 0 spiro atoms. The third kappa shape index (κ3) is 5.88. The molecule has 1 N–H and O–H groups in total. The van der Waals surface area contributed by atoms with E-state index in [-0.39, 0.29) is 5.54 Å². The monoisotopic (exact) mass is 291 g/mol. The first-order valence-electron chi connectivity index (χ1n) is 8.00. The molecule has 1 aromatic carbocycles. The predicted molar refractivity (Wildman–Crippen MR) is 90.3 cm³/mol. The average Bonchev–Trinajstić information content (AvgIpc) is 2.44. The van der Waals surface area contributed by atoms with Crippen LogP contribution in [0.25, 0.3) is 0 Å². The molecule has 2 rings (SSSR count). The van der Waals surface area contributed by atoms with Gasteiger partial charge in [0.05, 0.1) is 0 Å². The molecule has 0 atom stereocenters. The first kappa shape index (κ1) is 15.9. The lowest BCUT2D eigenvalue weighted by molar-refractivity contribution is 0.391. The largest absolute Gasteiger partial charge is 0.308 e. The minimum absolute atomic E-state index is 0.189. The lowest BCUT2D eigenvalue weighted by atomic mass is 9.91. The van der Waals surface area contributed by atoms with E-state index in [1.807, 2.05) is 11.8 Å². The normalized spacial score (nSPS) is 17.4. The summed E-state index contributed by atoms with van der Waals surface area (Å²) in [6.07, 6.45) is 7.24. The van der Waals surface area contributed by atoms with Crippen LogP contribution < -0.4 is 5.32 Å². The highest BCUT2D eigenvalue weighted by Gasteiger charge is 2.13. The van der Waals surface area contributed by atoms with Crippen LogP contribution in [0.2, 0.25) is 0 Å². The Balaban J connectivity index is 1.76. The molecule has 112 valence electrons. The fourth-order valence-electron chi connectivity index (χ4n) is 2.64. The van der Waals surface area contributed by atoms with E-state index in [4.69, 9.17) is 0 Å². The van der Waals surface area contributed by atoms with Crippen molar-refractivity contribution in [3.05, 3.63) is 29.8 Å². The molecule has 1 aromatic rings. The molecule has 0 saturated heterocycles. The molecule has 0 bridgehead atoms. The summed E-state index contributed by atoms with van der Waals surface area (Å²) in [5.41, 5.74) is 1.57. The number of rotatable bonds is 5. The molecule has 2 heteroatoms. The van der Waals surface area contributed by atoms with Gasteiger partial charge in [-0.3, -0.25) is 0 Å². The van der Waals surface area contributed by atoms with Crippen molar-refractivity contribution in [3.8, 4) is 0 Å². The average molecular weight is 292 g/mol. The zero-order valence-electron chi connectivity index (χ0n) is 13.2. The molecule has 0 radical (unpaired) electrons. The van der Waals surface area contributed by atoms with Gasteiger partial charge in [-0.2, -0.15) is 0 Å². The van der Waals surface area contributed by atoms with Crippen molar-refractivity contribution in [1.82, 2.24) is 5.32 Å². The third-order valence-corrected chi connectivity index (χ3v) is 5.20. The van der Waals surface area contributed by atoms with Gasteiger partial charge in [-0.05, 0) is 57.2 Å². The maximum Gasteiger partial charge on any atom is 0.0210 e. The SMILES string of the molecule is CC(C)(C)NCc1ccc(SCC2CCCCC2)cc1. The maximum absolute atomic E-state index is 3.53. The summed E-state index contributed by atoms with van der Waals surface area (Å²) in [5, 5.41) is 3.53. The topological polar surface area (TPSA) is 12.0 Å². The standard InChI is InChI=1S/C18H29NS/c1-18(2,3)19-13-15-9-11-17(12-10-15)20-14-16-7-5-4-6-8-16/h9-12,16,19H,4-8,13-14H2,1-3H3. The molecule has 1 fully saturated rings. The molecular weight excluding hydrogens is 262 g/mol. The van der Waals surface area contributed by atoms with E-state index in [0.717, 1.165) is 12.5 Å². The van der Waals surface area contributed by atoms with Crippen LogP contribution in [0, 0.1) is 5.92 Å². The van der Waals surface area contributed by atoms with Crippen molar-refractivity contribution in [3.63, 3.8) is 0 Å². The fraction of sp³-hybridized carbons (Fsp3) is 0.667. The van der Waals surface area contributed by atoms with Gasteiger partial charge in [0.1, 0.15) is 0 Å². The number of hydrogen-bond acceptors (Lipinski definition) is 2. The highest BCUT2D eigenvalue weighted by molar-refractivity contribution is 7.99. The second-order valence-electron chi connectivity index (χ2n) is 7.06. The van der Waals surface area contributed by atoms with Crippen LogP contribution in [-0.2, 0) is 6.54 Å². The van der Waals surface area contributed by atoms with Crippen molar-refractivity contribution in [1.29, 1.82) is 0 Å². The van der Waals surface area contributed by atoms with Gasteiger partial charge in [0.15, 0.2) is 0 Å². The van der Waals surface area contributed by atoms with E-state index in [9.17, 15) is 0 Å². The Morgan fingerprint density at radius 2 is 1.70 bits per heavy atom. The Morgan fingerprint density at radius 3 is 2.30 bits per heavy atom. The minimum atomic E-state index is 0.189. The van der Waals surface area contributed by atoms with E-state index >= 15 is 0 Å². The summed E-state index contributed by atoms with van der Waals surface area (Å²) in [4.78, 5) is 1.43. The number of nitrogens with one attached hydrogen (secondary N) is 1. The summed E-state index contributed by atoms with van der Waals surface area (Å²) >= 11 is 2.04. The van der Waals surface area contributed by atoms with Crippen molar-refractivity contribution in [2.45, 2.75) is 69.9 Å². The number of hydrogen-bond donors (Lipinski definition) is 1. The molecule has 0 aliphatic heterocycles. The summed E-state index contributed by atoms with van der Waals surface area (Å²) in [6, 6.07) is 9.10. The van der Waals surface area contributed by atoms with Crippen molar-refractivity contribution >= 4 is 11.8 Å². The molecule has 0 amide bonds. The van der Waals surface area contributed by atoms with E-state index in [2.05, 4.69) is 50.4 Å². The minimum Gasteiger partial charge on any atom is -0.308 e. The molecule has 0 heterocycles. The van der Waals surface area contributed by atoms with Crippen LogP contribution in [0.1, 0.15) is 58.4 Å². The van der Waals surface area contributed by atoms with Crippen LogP contribution in [0.5, 0.6) is 0 Å². The van der Waals surface area contributed by atoms with Gasteiger partial charge < -0.3 is 5.32 Å². The maximum atomic E-state index is 3.53. The second-order valence-corrected chi connectivity index (χ2v) is 8.16. The van der Waals surface area contributed by atoms with Crippen LogP contribution >= 0.6 is 11.8 Å². The first-order valence-corrected chi connectivity index (χ1v) is 8.98. The van der Waals surface area contributed by atoms with Gasteiger partial charge in [0.25, 0.3) is 0 Å². The zero-order valence-corrected chi connectivity index (χ0v) is 14.1. The summed E-state index contributed by atoms with van der Waals surface area (Å²) < 4.78 is 0. The highest BCUT2D eigenvalue weighted by Crippen LogP contribution is 2.30. The lowest BCUT2D eigenvalue weighted by Crippen LogP contribution is -2.35. The summed E-state index contributed by atoms with van der Waals surface area (Å²) in [7, 11) is 0. The molecule has 0 aromatic heterocycles. The van der Waals surface area contributed by atoms with Gasteiger partial charge in [-0.15, -0.1) is 11.8 Å². The molecule has 1 aliphatic carbocycles. The van der Waals surface area contributed by atoms with Crippen molar-refractivity contribution in [2.75, 3.05) is 5.75 Å². The van der Waals surface area contributed by atoms with Gasteiger partial charge in [-0.25, -0.2) is 0 Å². The Labute approximate surface area is 128 Å². The van der Waals surface area contributed by atoms with Gasteiger partial charge in [0.2, 0.25) is 0 Å². The lowest BCUT2D eigenvalue weighted by Gasteiger charge is -2.21. The van der Waals surface area contributed by atoms with E-state index < -0.39 is 0 Å². The molecule has 1 aliphatic rings. The Bertz CT molecular complexity index is 385. The van der Waals surface area contributed by atoms with E-state index in [1.165, 1.54) is 48.3 Å². The molecule has 1 nitrogen and oxygen atoms in total. The Kier molecular flexibility index (Phi) is 5.98. The summed E-state index contributed by atoms with van der Waals surface area (Å²) in [5.74, 6) is 2.26. The predicted octanol–water partition coefficient (Wildman–Crippen LogP) is 5.25. The fourth-order valence-corrected chi connectivity index (χ4v) is 3.73. The second kappa shape index (κ2) is 7.51. The van der Waals surface area contributed by atoms with Gasteiger partial charge >= 0.3 is 0 Å². The first-order chi connectivity index (χ1) is 9.53. The van der Waals surface area contributed by atoms with Crippen LogP contribution in [0.15, 0.2) is 29.2 Å². The smallest absolute Gasteiger partial charge is 0.0210 e. The molecular formula is C18H29NS. The van der Waals surface area contributed by atoms with Gasteiger partial charge in [-0.1, -0.05) is 31.4 Å². The molecule has 0 unspecified atom stereocenters. The van der Waals surface area contributed by atoms with Crippen LogP contribution in [0.4, 0.5) is 0 Å². The zero-order chi connectivity index (χ0) is 14.4. The van der Waals surface area contributed by atoms with Crippen LogP contribution in [0.3, 0.4) is 0 Å². The number of thioether (sulfide) groups is 1. The number of benzene rings is 1. The van der Waals surface area contributed by atoms with Crippen molar-refractivity contribution < 1.29 is 0 Å². The van der Waals surface area contributed by atoms with Crippen molar-refractivity contribution in [2.24, 2.45) is 5.92 Å². The third-order valence-electron chi connectivity index (χ3n) is 3.96. The highest BCUT2D eigenvalue weighted by atomic mass is 32.2. The van der Waals surface area contributed by atoms with E-state index in [1.54, 1.807) is 0 Å². The quantitative estimate of drug-likeness (QED) is 0.744. The molecule has 1 saturated carbocycles. The Hall–Kier alpha value is -0.470.